The Morgan fingerprint density at radius 3 is 2.17 bits per heavy atom. The molecule has 2 N–H and O–H groups in total. The number of aryl methyl sites for hydroxylation is 2. The van der Waals surface area contributed by atoms with Crippen LogP contribution in [0, 0.1) is 0 Å². The molecule has 0 aliphatic heterocycles. The second-order valence-electron chi connectivity index (χ2n) is 7.35. The minimum atomic E-state index is -5.13. The van der Waals surface area contributed by atoms with E-state index in [1.54, 1.807) is 4.72 Å². The summed E-state index contributed by atoms with van der Waals surface area (Å²) in [4.78, 5) is 23.7. The molecule has 0 bridgehead atoms. The average molecular weight is 441 g/mol. The number of nitrogens with one attached hydrogen (secondary N) is 2. The summed E-state index contributed by atoms with van der Waals surface area (Å²) in [5.41, 5.74) is 4.09. The van der Waals surface area contributed by atoms with Crippen molar-refractivity contribution in [2.45, 2.75) is 44.7 Å². The van der Waals surface area contributed by atoms with Crippen molar-refractivity contribution < 1.29 is 31.2 Å². The number of amides is 2. The number of urea groups is 1. The van der Waals surface area contributed by atoms with Gasteiger partial charge in [0.25, 0.3) is 5.78 Å². The van der Waals surface area contributed by atoms with Crippen molar-refractivity contribution in [3.63, 3.8) is 0 Å². The Balaban J connectivity index is 1.54. The molecule has 1 aromatic heterocycles. The number of ketones is 1. The van der Waals surface area contributed by atoms with E-state index in [9.17, 15) is 31.2 Å². The predicted octanol–water partition coefficient (Wildman–Crippen LogP) is 3.13. The number of hydrogen-bond donors (Lipinski definition) is 2. The largest absolute Gasteiger partial charge is 0.454 e. The topological polar surface area (TPSA) is 97.3 Å². The molecule has 0 unspecified atom stereocenters. The Morgan fingerprint density at radius 2 is 1.60 bits per heavy atom. The Bertz CT molecular complexity index is 1120. The molecule has 2 amide bonds. The van der Waals surface area contributed by atoms with Crippen molar-refractivity contribution in [3.8, 4) is 0 Å². The Kier molecular flexibility index (Phi) is 4.88. The highest BCUT2D eigenvalue weighted by Gasteiger charge is 2.40. The summed E-state index contributed by atoms with van der Waals surface area (Å²) < 4.78 is 64.5. The minimum absolute atomic E-state index is 0.366. The van der Waals surface area contributed by atoms with E-state index < -0.39 is 33.8 Å². The standard InChI is InChI=1S/C19H18F3N3O4S/c20-19(21,22)17(26)13-7-8-25(10-13)30(28,29)24-18(27)23-16-14-5-1-3-11(14)9-12-4-2-6-15(12)16/h7-10H,1-6H2,(H2,23,24,27). The van der Waals surface area contributed by atoms with Gasteiger partial charge in [-0.1, -0.05) is 6.07 Å². The van der Waals surface area contributed by atoms with Gasteiger partial charge in [-0.15, -0.1) is 0 Å². The summed E-state index contributed by atoms with van der Waals surface area (Å²) >= 11 is 0. The van der Waals surface area contributed by atoms with Gasteiger partial charge in [0.1, 0.15) is 0 Å². The first kappa shape index (κ1) is 20.5. The van der Waals surface area contributed by atoms with E-state index in [1.165, 1.54) is 0 Å². The molecule has 0 atom stereocenters. The zero-order chi connectivity index (χ0) is 21.7. The van der Waals surface area contributed by atoms with E-state index in [1.807, 2.05) is 0 Å². The lowest BCUT2D eigenvalue weighted by Gasteiger charge is -2.16. The van der Waals surface area contributed by atoms with Gasteiger partial charge in [0, 0.05) is 23.6 Å². The Hall–Kier alpha value is -2.82. The maximum absolute atomic E-state index is 12.5. The Morgan fingerprint density at radius 1 is 1.00 bits per heavy atom. The first-order valence-corrected chi connectivity index (χ1v) is 10.8. The highest BCUT2D eigenvalue weighted by atomic mass is 32.2. The molecule has 0 saturated carbocycles. The lowest BCUT2D eigenvalue weighted by molar-refractivity contribution is -0.0885. The predicted molar refractivity (Wildman–Crippen MR) is 102 cm³/mol. The van der Waals surface area contributed by atoms with Crippen LogP contribution in [-0.4, -0.2) is 30.4 Å². The molecule has 0 radical (unpaired) electrons. The number of hydrogen-bond acceptors (Lipinski definition) is 4. The molecule has 0 fully saturated rings. The molecule has 1 aromatic carbocycles. The van der Waals surface area contributed by atoms with E-state index >= 15 is 0 Å². The SMILES string of the molecule is O=C(Nc1c2c(cc3c1CCC3)CCC2)NS(=O)(=O)n1ccc(C(=O)C(F)(F)F)c1. The van der Waals surface area contributed by atoms with Gasteiger partial charge in [-0.2, -0.15) is 21.6 Å². The number of carbonyl (C=O) groups is 2. The van der Waals surface area contributed by atoms with Gasteiger partial charge in [-0.25, -0.2) is 13.5 Å². The van der Waals surface area contributed by atoms with Gasteiger partial charge in [-0.05, 0) is 66.8 Å². The third-order valence-electron chi connectivity index (χ3n) is 5.40. The maximum Gasteiger partial charge on any atom is 0.454 e. The number of halogens is 3. The van der Waals surface area contributed by atoms with Gasteiger partial charge in [0.05, 0.1) is 0 Å². The van der Waals surface area contributed by atoms with Gasteiger partial charge >= 0.3 is 22.4 Å². The van der Waals surface area contributed by atoms with E-state index in [0.29, 0.717) is 15.9 Å². The number of alkyl halides is 3. The van der Waals surface area contributed by atoms with E-state index in [2.05, 4.69) is 11.4 Å². The monoisotopic (exact) mass is 441 g/mol. The molecule has 30 heavy (non-hydrogen) atoms. The van der Waals surface area contributed by atoms with Crippen LogP contribution in [0.15, 0.2) is 24.5 Å². The lowest BCUT2D eigenvalue weighted by atomic mass is 9.99. The van der Waals surface area contributed by atoms with Gasteiger partial charge in [0.2, 0.25) is 0 Å². The number of nitrogens with zero attached hydrogens (tertiary/aromatic N) is 1. The van der Waals surface area contributed by atoms with Crippen LogP contribution in [0.5, 0.6) is 0 Å². The van der Waals surface area contributed by atoms with Crippen LogP contribution in [0.1, 0.15) is 45.5 Å². The molecule has 4 rings (SSSR count). The first-order chi connectivity index (χ1) is 14.1. The third-order valence-corrected chi connectivity index (χ3v) is 6.62. The molecule has 0 saturated heterocycles. The molecule has 0 spiro atoms. The van der Waals surface area contributed by atoms with Crippen LogP contribution < -0.4 is 10.0 Å². The van der Waals surface area contributed by atoms with E-state index in [-0.39, 0.29) is 0 Å². The molecular formula is C19H18F3N3O4S. The number of carbonyl (C=O) groups excluding carboxylic acids is 2. The summed E-state index contributed by atoms with van der Waals surface area (Å²) in [5, 5.41) is 2.63. The number of rotatable bonds is 4. The van der Waals surface area contributed by atoms with Crippen molar-refractivity contribution in [1.82, 2.24) is 8.69 Å². The smallest absolute Gasteiger partial charge is 0.307 e. The summed E-state index contributed by atoms with van der Waals surface area (Å²) in [6.45, 7) is 0. The van der Waals surface area contributed by atoms with E-state index in [4.69, 9.17) is 0 Å². The summed E-state index contributed by atoms with van der Waals surface area (Å²) in [6.07, 6.45) is 1.42. The van der Waals surface area contributed by atoms with Crippen LogP contribution in [0.25, 0.3) is 0 Å². The average Bonchev–Trinajstić information content (AvgIpc) is 3.39. The quantitative estimate of drug-likeness (QED) is 0.713. The number of fused-ring (bicyclic) bond motifs is 2. The van der Waals surface area contributed by atoms with Crippen LogP contribution in [0.4, 0.5) is 23.7 Å². The van der Waals surface area contributed by atoms with Crippen molar-refractivity contribution in [2.75, 3.05) is 5.32 Å². The van der Waals surface area contributed by atoms with E-state index in [0.717, 1.165) is 73.0 Å². The molecule has 2 aliphatic carbocycles. The zero-order valence-corrected chi connectivity index (χ0v) is 16.5. The molecule has 11 heteroatoms. The van der Waals surface area contributed by atoms with Gasteiger partial charge in [-0.3, -0.25) is 4.79 Å². The second-order valence-corrected chi connectivity index (χ2v) is 8.93. The van der Waals surface area contributed by atoms with Crippen LogP contribution in [0.3, 0.4) is 0 Å². The Labute approximate surface area is 170 Å². The summed E-state index contributed by atoms with van der Waals surface area (Å²) in [6, 6.07) is 1.87. The van der Waals surface area contributed by atoms with Crippen LogP contribution in [-0.2, 0) is 35.9 Å². The fourth-order valence-electron chi connectivity index (χ4n) is 4.10. The normalized spacial score (nSPS) is 15.6. The van der Waals surface area contributed by atoms with Crippen LogP contribution in [0.2, 0.25) is 0 Å². The first-order valence-electron chi connectivity index (χ1n) is 9.36. The number of Topliss-reactive ketones (excluding diaryl/α,β-unsaturated/α-hetero) is 1. The van der Waals surface area contributed by atoms with Crippen molar-refractivity contribution in [2.24, 2.45) is 0 Å². The fourth-order valence-corrected chi connectivity index (χ4v) is 4.96. The second kappa shape index (κ2) is 7.15. The summed E-state index contributed by atoms with van der Waals surface area (Å²) in [7, 11) is -4.53. The molecule has 2 aliphatic rings. The lowest BCUT2D eigenvalue weighted by Crippen LogP contribution is -2.38. The third kappa shape index (κ3) is 3.69. The number of anilines is 1. The molecule has 160 valence electrons. The summed E-state index contributed by atoms with van der Waals surface area (Å²) in [5.74, 6) is -2.17. The maximum atomic E-state index is 12.5. The number of benzene rings is 1. The fraction of sp³-hybridized carbons (Fsp3) is 0.368. The van der Waals surface area contributed by atoms with Crippen LogP contribution >= 0.6 is 0 Å². The molecule has 2 aromatic rings. The molecular weight excluding hydrogens is 423 g/mol. The molecule has 1 heterocycles. The van der Waals surface area contributed by atoms with Gasteiger partial charge < -0.3 is 5.32 Å². The number of aromatic nitrogens is 1. The minimum Gasteiger partial charge on any atom is -0.307 e. The van der Waals surface area contributed by atoms with Crippen molar-refractivity contribution >= 4 is 27.7 Å². The van der Waals surface area contributed by atoms with Gasteiger partial charge in [0.15, 0.2) is 0 Å². The highest BCUT2D eigenvalue weighted by Crippen LogP contribution is 2.38. The van der Waals surface area contributed by atoms with Crippen molar-refractivity contribution in [3.05, 3.63) is 52.3 Å². The van der Waals surface area contributed by atoms with Crippen molar-refractivity contribution in [1.29, 1.82) is 0 Å². The molecule has 7 nitrogen and oxygen atoms in total. The highest BCUT2D eigenvalue weighted by molar-refractivity contribution is 7.88. The zero-order valence-electron chi connectivity index (χ0n) is 15.7.